The molecule has 0 spiro atoms. The minimum atomic E-state index is 0.255. The molecule has 0 amide bonds. The summed E-state index contributed by atoms with van der Waals surface area (Å²) >= 11 is 3.43. The lowest BCUT2D eigenvalue weighted by atomic mass is 9.78. The SMILES string of the molecule is CC1CCCC(Cc2ccc(Br)cc2)C1=O. The summed E-state index contributed by atoms with van der Waals surface area (Å²) in [6, 6.07) is 8.31. The standard InChI is InChI=1S/C14H17BrO/c1-10-3-2-4-12(14(10)16)9-11-5-7-13(15)8-6-11/h5-8,10,12H,2-4,9H2,1H3. The van der Waals surface area contributed by atoms with Gasteiger partial charge in [0.15, 0.2) is 0 Å². The molecule has 1 aliphatic carbocycles. The molecule has 2 rings (SSSR count). The molecule has 1 aromatic carbocycles. The molecule has 1 aromatic rings. The summed E-state index contributed by atoms with van der Waals surface area (Å²) in [6.07, 6.45) is 4.26. The van der Waals surface area contributed by atoms with Gasteiger partial charge in [0.2, 0.25) is 0 Å². The van der Waals surface area contributed by atoms with E-state index in [-0.39, 0.29) is 11.8 Å². The van der Waals surface area contributed by atoms with E-state index in [0.717, 1.165) is 23.7 Å². The van der Waals surface area contributed by atoms with E-state index in [1.165, 1.54) is 12.0 Å². The molecule has 0 radical (unpaired) electrons. The van der Waals surface area contributed by atoms with Crippen LogP contribution in [0.2, 0.25) is 0 Å². The zero-order valence-corrected chi connectivity index (χ0v) is 11.2. The summed E-state index contributed by atoms with van der Waals surface area (Å²) in [6.45, 7) is 2.07. The van der Waals surface area contributed by atoms with E-state index in [4.69, 9.17) is 0 Å². The summed E-state index contributed by atoms with van der Waals surface area (Å²) in [7, 11) is 0. The van der Waals surface area contributed by atoms with Gasteiger partial charge in [0.25, 0.3) is 0 Å². The topological polar surface area (TPSA) is 17.1 Å². The molecule has 16 heavy (non-hydrogen) atoms. The Morgan fingerprint density at radius 2 is 1.94 bits per heavy atom. The molecule has 1 saturated carbocycles. The summed E-state index contributed by atoms with van der Waals surface area (Å²) in [5.74, 6) is 0.994. The fourth-order valence-electron chi connectivity index (χ4n) is 2.46. The van der Waals surface area contributed by atoms with Crippen LogP contribution in [0.1, 0.15) is 31.7 Å². The Bertz CT molecular complexity index is 369. The Kier molecular flexibility index (Phi) is 3.80. The van der Waals surface area contributed by atoms with E-state index < -0.39 is 0 Å². The molecular weight excluding hydrogens is 264 g/mol. The fraction of sp³-hybridized carbons (Fsp3) is 0.500. The van der Waals surface area contributed by atoms with Crippen LogP contribution in [0.3, 0.4) is 0 Å². The van der Waals surface area contributed by atoms with Crippen LogP contribution in [0.5, 0.6) is 0 Å². The minimum absolute atomic E-state index is 0.255. The number of carbonyl (C=O) groups is 1. The van der Waals surface area contributed by atoms with Crippen molar-refractivity contribution in [2.45, 2.75) is 32.6 Å². The first-order chi connectivity index (χ1) is 7.66. The highest BCUT2D eigenvalue weighted by Crippen LogP contribution is 2.28. The van der Waals surface area contributed by atoms with E-state index >= 15 is 0 Å². The lowest BCUT2D eigenvalue weighted by Gasteiger charge is -2.25. The highest BCUT2D eigenvalue weighted by molar-refractivity contribution is 9.10. The van der Waals surface area contributed by atoms with Crippen LogP contribution < -0.4 is 0 Å². The van der Waals surface area contributed by atoms with Gasteiger partial charge < -0.3 is 0 Å². The van der Waals surface area contributed by atoms with E-state index in [0.29, 0.717) is 5.78 Å². The number of halogens is 1. The van der Waals surface area contributed by atoms with Gasteiger partial charge in [-0.3, -0.25) is 4.79 Å². The first-order valence-corrected chi connectivity index (χ1v) is 6.74. The predicted octanol–water partition coefficient (Wildman–Crippen LogP) is 4.00. The van der Waals surface area contributed by atoms with Crippen molar-refractivity contribution in [3.63, 3.8) is 0 Å². The Morgan fingerprint density at radius 1 is 1.25 bits per heavy atom. The molecule has 0 bridgehead atoms. The highest BCUT2D eigenvalue weighted by atomic mass is 79.9. The van der Waals surface area contributed by atoms with E-state index in [1.807, 2.05) is 12.1 Å². The van der Waals surface area contributed by atoms with Crippen LogP contribution in [-0.2, 0) is 11.2 Å². The number of rotatable bonds is 2. The molecular formula is C14H17BrO. The number of Topliss-reactive ketones (excluding diaryl/α,β-unsaturated/α-hetero) is 1. The normalized spacial score (nSPS) is 25.8. The van der Waals surface area contributed by atoms with Crippen molar-refractivity contribution in [3.05, 3.63) is 34.3 Å². The Balaban J connectivity index is 2.03. The second-order valence-electron chi connectivity index (χ2n) is 4.76. The lowest BCUT2D eigenvalue weighted by molar-refractivity contribution is -0.128. The van der Waals surface area contributed by atoms with Gasteiger partial charge in [0.1, 0.15) is 5.78 Å². The molecule has 0 aromatic heterocycles. The van der Waals surface area contributed by atoms with Gasteiger partial charge >= 0.3 is 0 Å². The van der Waals surface area contributed by atoms with Gasteiger partial charge in [-0.2, -0.15) is 0 Å². The van der Waals surface area contributed by atoms with Crippen LogP contribution in [0.25, 0.3) is 0 Å². The minimum Gasteiger partial charge on any atom is -0.299 e. The third-order valence-corrected chi connectivity index (χ3v) is 4.00. The maximum absolute atomic E-state index is 12.0. The van der Waals surface area contributed by atoms with Crippen LogP contribution in [0.4, 0.5) is 0 Å². The molecule has 0 aliphatic heterocycles. The number of benzene rings is 1. The molecule has 2 unspecified atom stereocenters. The largest absolute Gasteiger partial charge is 0.299 e. The smallest absolute Gasteiger partial charge is 0.139 e. The average molecular weight is 281 g/mol. The summed E-state index contributed by atoms with van der Waals surface area (Å²) in [5, 5.41) is 0. The molecule has 2 atom stereocenters. The monoisotopic (exact) mass is 280 g/mol. The van der Waals surface area contributed by atoms with Gasteiger partial charge in [-0.15, -0.1) is 0 Å². The predicted molar refractivity (Wildman–Crippen MR) is 69.4 cm³/mol. The van der Waals surface area contributed by atoms with Gasteiger partial charge in [-0.1, -0.05) is 41.4 Å². The molecule has 0 heterocycles. The second kappa shape index (κ2) is 5.13. The van der Waals surface area contributed by atoms with Crippen molar-refractivity contribution in [1.29, 1.82) is 0 Å². The molecule has 1 fully saturated rings. The summed E-state index contributed by atoms with van der Waals surface area (Å²) in [4.78, 5) is 12.0. The highest BCUT2D eigenvalue weighted by Gasteiger charge is 2.27. The first-order valence-electron chi connectivity index (χ1n) is 5.95. The Morgan fingerprint density at radius 3 is 2.62 bits per heavy atom. The molecule has 1 nitrogen and oxygen atoms in total. The van der Waals surface area contributed by atoms with Crippen molar-refractivity contribution in [2.75, 3.05) is 0 Å². The Labute approximate surface area is 105 Å². The fourth-order valence-corrected chi connectivity index (χ4v) is 2.73. The van der Waals surface area contributed by atoms with E-state index in [1.54, 1.807) is 0 Å². The van der Waals surface area contributed by atoms with Crippen molar-refractivity contribution in [2.24, 2.45) is 11.8 Å². The van der Waals surface area contributed by atoms with Gasteiger partial charge in [0, 0.05) is 16.3 Å². The van der Waals surface area contributed by atoms with Crippen molar-refractivity contribution < 1.29 is 4.79 Å². The second-order valence-corrected chi connectivity index (χ2v) is 5.68. The van der Waals surface area contributed by atoms with Crippen LogP contribution >= 0.6 is 15.9 Å². The number of hydrogen-bond acceptors (Lipinski definition) is 1. The third-order valence-electron chi connectivity index (χ3n) is 3.47. The van der Waals surface area contributed by atoms with E-state index in [2.05, 4.69) is 35.0 Å². The quantitative estimate of drug-likeness (QED) is 0.801. The van der Waals surface area contributed by atoms with Crippen LogP contribution in [0, 0.1) is 11.8 Å². The molecule has 1 aliphatic rings. The number of ketones is 1. The summed E-state index contributed by atoms with van der Waals surface area (Å²) < 4.78 is 1.10. The molecule has 0 N–H and O–H groups in total. The third kappa shape index (κ3) is 2.73. The average Bonchev–Trinajstić information content (AvgIpc) is 2.28. The Hall–Kier alpha value is -0.630. The summed E-state index contributed by atoms with van der Waals surface area (Å²) in [5.41, 5.74) is 1.27. The first kappa shape index (κ1) is 11.8. The van der Waals surface area contributed by atoms with Gasteiger partial charge in [-0.05, 0) is 37.0 Å². The number of hydrogen-bond donors (Lipinski definition) is 0. The van der Waals surface area contributed by atoms with Crippen molar-refractivity contribution in [1.82, 2.24) is 0 Å². The zero-order chi connectivity index (χ0) is 11.5. The lowest BCUT2D eigenvalue weighted by Crippen LogP contribution is -2.28. The molecule has 0 saturated heterocycles. The van der Waals surface area contributed by atoms with Crippen LogP contribution in [0.15, 0.2) is 28.7 Å². The van der Waals surface area contributed by atoms with Gasteiger partial charge in [-0.25, -0.2) is 0 Å². The maximum atomic E-state index is 12.0. The van der Waals surface area contributed by atoms with Crippen molar-refractivity contribution >= 4 is 21.7 Å². The molecule has 2 heteroatoms. The number of carbonyl (C=O) groups excluding carboxylic acids is 1. The van der Waals surface area contributed by atoms with Crippen molar-refractivity contribution in [3.8, 4) is 0 Å². The van der Waals surface area contributed by atoms with Gasteiger partial charge in [0.05, 0.1) is 0 Å². The zero-order valence-electron chi connectivity index (χ0n) is 9.58. The van der Waals surface area contributed by atoms with Crippen LogP contribution in [-0.4, -0.2) is 5.78 Å². The molecule has 86 valence electrons. The van der Waals surface area contributed by atoms with E-state index in [9.17, 15) is 4.79 Å². The maximum Gasteiger partial charge on any atom is 0.139 e.